The third kappa shape index (κ3) is 4.01. The molecule has 1 aromatic rings. The quantitative estimate of drug-likeness (QED) is 0.846. The molecule has 1 aromatic carbocycles. The van der Waals surface area contributed by atoms with Crippen molar-refractivity contribution in [2.24, 2.45) is 0 Å². The van der Waals surface area contributed by atoms with Gasteiger partial charge in [0.2, 0.25) is 5.91 Å². The lowest BCUT2D eigenvalue weighted by Gasteiger charge is -2.24. The van der Waals surface area contributed by atoms with Gasteiger partial charge in [0, 0.05) is 24.8 Å². The van der Waals surface area contributed by atoms with Gasteiger partial charge in [-0.1, -0.05) is 0 Å². The lowest BCUT2D eigenvalue weighted by Crippen LogP contribution is -2.46. The lowest BCUT2D eigenvalue weighted by atomic mass is 10.1. The molecular weight excluding hydrogens is 332 g/mol. The van der Waals surface area contributed by atoms with Crippen LogP contribution in [0, 0.1) is 0 Å². The summed E-state index contributed by atoms with van der Waals surface area (Å²) >= 11 is 0. The van der Waals surface area contributed by atoms with Crippen LogP contribution in [0.4, 0.5) is 0 Å². The average Bonchev–Trinajstić information content (AvgIpc) is 3.15. The Balaban J connectivity index is 1.34. The van der Waals surface area contributed by atoms with Crippen molar-refractivity contribution in [1.29, 1.82) is 0 Å². The minimum Gasteiger partial charge on any atom is -0.491 e. The number of hydrogen-bond donors (Lipinski definition) is 1. The summed E-state index contributed by atoms with van der Waals surface area (Å²) in [6.45, 7) is 1.99. The van der Waals surface area contributed by atoms with Crippen molar-refractivity contribution in [3.8, 4) is 5.75 Å². The van der Waals surface area contributed by atoms with Gasteiger partial charge in [-0.3, -0.25) is 9.59 Å². The fourth-order valence-electron chi connectivity index (χ4n) is 3.63. The Labute approximate surface area is 153 Å². The van der Waals surface area contributed by atoms with E-state index in [9.17, 15) is 9.59 Å². The van der Waals surface area contributed by atoms with Gasteiger partial charge in [-0.05, 0) is 62.8 Å². The van der Waals surface area contributed by atoms with Gasteiger partial charge in [-0.25, -0.2) is 0 Å². The molecule has 0 bridgehead atoms. The van der Waals surface area contributed by atoms with E-state index in [1.807, 2.05) is 12.1 Å². The summed E-state index contributed by atoms with van der Waals surface area (Å²) in [5, 5.41) is 3.02. The van der Waals surface area contributed by atoms with Crippen LogP contribution in [0.2, 0.25) is 0 Å². The summed E-state index contributed by atoms with van der Waals surface area (Å²) in [5.74, 6) is 0.653. The summed E-state index contributed by atoms with van der Waals surface area (Å²) in [4.78, 5) is 26.9. The molecule has 1 saturated carbocycles. The minimum atomic E-state index is -0.335. The maximum absolute atomic E-state index is 12.8. The van der Waals surface area contributed by atoms with E-state index in [2.05, 4.69) is 5.32 Å². The summed E-state index contributed by atoms with van der Waals surface area (Å²) in [5.41, 5.74) is 0.598. The van der Waals surface area contributed by atoms with E-state index in [1.165, 1.54) is 0 Å². The molecule has 2 saturated heterocycles. The molecule has 140 valence electrons. The van der Waals surface area contributed by atoms with Crippen molar-refractivity contribution in [2.45, 2.75) is 56.7 Å². The molecule has 1 aliphatic carbocycles. The van der Waals surface area contributed by atoms with Crippen molar-refractivity contribution >= 4 is 11.8 Å². The molecule has 26 heavy (non-hydrogen) atoms. The predicted octanol–water partition coefficient (Wildman–Crippen LogP) is 2.13. The number of amides is 2. The van der Waals surface area contributed by atoms with E-state index in [1.54, 1.807) is 17.0 Å². The van der Waals surface area contributed by atoms with Crippen LogP contribution >= 0.6 is 0 Å². The highest BCUT2D eigenvalue weighted by molar-refractivity contribution is 5.98. The van der Waals surface area contributed by atoms with E-state index in [4.69, 9.17) is 9.47 Å². The number of ether oxygens (including phenoxy) is 2. The number of rotatable bonds is 6. The Bertz CT molecular complexity index is 650. The fraction of sp³-hybridized carbons (Fsp3) is 0.600. The van der Waals surface area contributed by atoms with Crippen molar-refractivity contribution in [2.75, 3.05) is 19.8 Å². The van der Waals surface area contributed by atoms with Crippen molar-refractivity contribution < 1.29 is 19.1 Å². The fourth-order valence-corrected chi connectivity index (χ4v) is 3.63. The normalized spacial score (nSPS) is 25.3. The zero-order valence-corrected chi connectivity index (χ0v) is 15.0. The molecule has 2 amide bonds. The van der Waals surface area contributed by atoms with Gasteiger partial charge in [0.05, 0.1) is 6.10 Å². The second-order valence-electron chi connectivity index (χ2n) is 7.41. The van der Waals surface area contributed by atoms with E-state index in [0.717, 1.165) is 50.9 Å². The van der Waals surface area contributed by atoms with Gasteiger partial charge in [-0.2, -0.15) is 0 Å². The maximum Gasteiger partial charge on any atom is 0.254 e. The molecule has 2 unspecified atom stereocenters. The van der Waals surface area contributed by atoms with Gasteiger partial charge in [0.1, 0.15) is 18.4 Å². The van der Waals surface area contributed by atoms with Crippen LogP contribution in [0.25, 0.3) is 0 Å². The first-order valence-corrected chi connectivity index (χ1v) is 9.66. The molecule has 2 heterocycles. The molecule has 6 nitrogen and oxygen atoms in total. The lowest BCUT2D eigenvalue weighted by molar-refractivity contribution is -0.125. The highest BCUT2D eigenvalue weighted by atomic mass is 16.5. The first-order chi connectivity index (χ1) is 12.7. The number of hydrogen-bond acceptors (Lipinski definition) is 4. The Morgan fingerprint density at radius 1 is 1.12 bits per heavy atom. The zero-order chi connectivity index (χ0) is 17.9. The molecule has 2 atom stereocenters. The number of nitrogens with one attached hydrogen (secondary N) is 1. The van der Waals surface area contributed by atoms with Crippen LogP contribution in [-0.2, 0) is 9.53 Å². The van der Waals surface area contributed by atoms with Crippen LogP contribution in [0.3, 0.4) is 0 Å². The van der Waals surface area contributed by atoms with Gasteiger partial charge < -0.3 is 19.7 Å². The van der Waals surface area contributed by atoms with Crippen molar-refractivity contribution in [1.82, 2.24) is 10.2 Å². The van der Waals surface area contributed by atoms with Crippen molar-refractivity contribution in [3.63, 3.8) is 0 Å². The van der Waals surface area contributed by atoms with Crippen LogP contribution < -0.4 is 10.1 Å². The average molecular weight is 358 g/mol. The Morgan fingerprint density at radius 3 is 2.62 bits per heavy atom. The largest absolute Gasteiger partial charge is 0.491 e. The Kier molecular flexibility index (Phi) is 5.11. The number of benzene rings is 1. The number of nitrogens with zero attached hydrogens (tertiary/aromatic N) is 1. The van der Waals surface area contributed by atoms with Crippen molar-refractivity contribution in [3.05, 3.63) is 29.8 Å². The molecule has 2 aliphatic heterocycles. The Morgan fingerprint density at radius 2 is 1.92 bits per heavy atom. The second-order valence-corrected chi connectivity index (χ2v) is 7.41. The number of carbonyl (C=O) groups excluding carboxylic acids is 2. The molecular formula is C20H26N2O4. The monoisotopic (exact) mass is 358 g/mol. The first-order valence-electron chi connectivity index (χ1n) is 9.66. The topological polar surface area (TPSA) is 67.9 Å². The molecule has 6 heteroatoms. The third-order valence-corrected chi connectivity index (χ3v) is 5.30. The summed E-state index contributed by atoms with van der Waals surface area (Å²) in [6, 6.07) is 7.18. The summed E-state index contributed by atoms with van der Waals surface area (Å²) in [7, 11) is 0. The molecule has 0 spiro atoms. The second kappa shape index (κ2) is 7.66. The van der Waals surface area contributed by atoms with Crippen LogP contribution in [0.5, 0.6) is 5.75 Å². The van der Waals surface area contributed by atoms with Gasteiger partial charge in [-0.15, -0.1) is 0 Å². The number of likely N-dealkylation sites (tertiary alicyclic amines) is 1. The summed E-state index contributed by atoms with van der Waals surface area (Å²) in [6.07, 6.45) is 6.03. The highest BCUT2D eigenvalue weighted by Crippen LogP contribution is 2.24. The van der Waals surface area contributed by atoms with E-state index < -0.39 is 0 Å². The third-order valence-electron chi connectivity index (χ3n) is 5.30. The Hall–Kier alpha value is -2.08. The highest BCUT2D eigenvalue weighted by Gasteiger charge is 2.36. The molecule has 3 aliphatic rings. The van der Waals surface area contributed by atoms with Crippen LogP contribution in [0.1, 0.15) is 48.9 Å². The molecule has 0 aromatic heterocycles. The molecule has 1 N–H and O–H groups in total. The maximum atomic E-state index is 12.8. The SMILES string of the molecule is O=C(NC1CC1)C1CCCN1C(=O)c1ccc(OCC2CCCO2)cc1. The standard InChI is InChI=1S/C20H26N2O4/c23-19(21-15-7-8-15)18-4-1-11-22(18)20(24)14-5-9-16(10-6-14)26-13-17-3-2-12-25-17/h5-6,9-10,15,17-18H,1-4,7-8,11-13H2,(H,21,23). The van der Waals surface area contributed by atoms with Gasteiger partial charge in [0.15, 0.2) is 0 Å². The number of carbonyl (C=O) groups is 2. The molecule has 4 rings (SSSR count). The van der Waals surface area contributed by atoms with Crippen LogP contribution in [0.15, 0.2) is 24.3 Å². The van der Waals surface area contributed by atoms with E-state index in [-0.39, 0.29) is 24.0 Å². The van der Waals surface area contributed by atoms with Gasteiger partial charge >= 0.3 is 0 Å². The summed E-state index contributed by atoms with van der Waals surface area (Å²) < 4.78 is 11.3. The predicted molar refractivity (Wildman–Crippen MR) is 96.1 cm³/mol. The smallest absolute Gasteiger partial charge is 0.254 e. The molecule has 0 radical (unpaired) electrons. The van der Waals surface area contributed by atoms with E-state index >= 15 is 0 Å². The first kappa shape index (κ1) is 17.3. The minimum absolute atomic E-state index is 0.00475. The van der Waals surface area contributed by atoms with E-state index in [0.29, 0.717) is 24.8 Å². The zero-order valence-electron chi connectivity index (χ0n) is 15.0. The van der Waals surface area contributed by atoms with Gasteiger partial charge in [0.25, 0.3) is 5.91 Å². The molecule has 3 fully saturated rings. The van der Waals surface area contributed by atoms with Crippen LogP contribution in [-0.4, -0.2) is 54.7 Å².